The molecule has 11 nitrogen and oxygen atoms in total. The third-order valence-electron chi connectivity index (χ3n) is 4.34. The molecule has 1 N–H and O–H groups in total. The van der Waals surface area contributed by atoms with E-state index >= 15 is 0 Å². The molecule has 0 spiro atoms. The molecule has 3 aromatic heterocycles. The van der Waals surface area contributed by atoms with Gasteiger partial charge in [0.2, 0.25) is 5.65 Å². The Bertz CT molecular complexity index is 1300. The Morgan fingerprint density at radius 1 is 1.39 bits per heavy atom. The highest BCUT2D eigenvalue weighted by Crippen LogP contribution is 2.28. The van der Waals surface area contributed by atoms with E-state index in [1.54, 1.807) is 26.1 Å². The lowest BCUT2D eigenvalue weighted by Crippen LogP contribution is -2.12. The Labute approximate surface area is 156 Å². The lowest BCUT2D eigenvalue weighted by molar-refractivity contribution is -0.384. The van der Waals surface area contributed by atoms with Crippen LogP contribution in [0.1, 0.15) is 23.1 Å². The number of esters is 1. The quantitative estimate of drug-likeness (QED) is 0.322. The number of nitrogens with one attached hydrogen (secondary N) is 1. The number of rotatable bonds is 4. The second-order valence-corrected chi connectivity index (χ2v) is 5.96. The van der Waals surface area contributed by atoms with Crippen LogP contribution in [0, 0.1) is 17.0 Å². The number of hydrogen-bond donors (Lipinski definition) is 1. The molecule has 0 aliphatic heterocycles. The smallest absolute Gasteiger partial charge is 0.358 e. The summed E-state index contributed by atoms with van der Waals surface area (Å²) in [6.07, 6.45) is 4.50. The zero-order valence-electron chi connectivity index (χ0n) is 14.9. The number of aryl methyl sites for hydroxylation is 1. The molecule has 0 atom stereocenters. The summed E-state index contributed by atoms with van der Waals surface area (Å²) in [5, 5.41) is 11.5. The summed E-state index contributed by atoms with van der Waals surface area (Å²) in [6, 6.07) is 2.82. The number of H-pyrrole nitrogens is 1. The minimum Gasteiger partial charge on any atom is -0.461 e. The molecule has 0 unspecified atom stereocenters. The predicted octanol–water partition coefficient (Wildman–Crippen LogP) is 1.75. The first kappa shape index (κ1) is 17.4. The molecule has 4 rings (SSSR count). The van der Waals surface area contributed by atoms with E-state index in [4.69, 9.17) is 4.74 Å². The van der Waals surface area contributed by atoms with Gasteiger partial charge in [-0.1, -0.05) is 0 Å². The third kappa shape index (κ3) is 2.52. The van der Waals surface area contributed by atoms with Crippen molar-refractivity contribution in [2.45, 2.75) is 13.8 Å². The van der Waals surface area contributed by atoms with Gasteiger partial charge in [-0.2, -0.15) is 0 Å². The highest BCUT2D eigenvalue weighted by Gasteiger charge is 2.23. The van der Waals surface area contributed by atoms with Gasteiger partial charge in [-0.3, -0.25) is 19.3 Å². The summed E-state index contributed by atoms with van der Waals surface area (Å²) in [6.45, 7) is 3.46. The van der Waals surface area contributed by atoms with Gasteiger partial charge in [0.1, 0.15) is 5.69 Å². The van der Waals surface area contributed by atoms with Gasteiger partial charge in [0.25, 0.3) is 11.2 Å². The molecule has 11 heteroatoms. The number of nitrogens with zero attached hydrogens (tertiary/aromatic N) is 5. The lowest BCUT2D eigenvalue weighted by Gasteiger charge is -2.09. The molecule has 0 fully saturated rings. The summed E-state index contributed by atoms with van der Waals surface area (Å²) in [4.78, 5) is 46.3. The van der Waals surface area contributed by atoms with Crippen LogP contribution in [-0.2, 0) is 4.74 Å². The van der Waals surface area contributed by atoms with E-state index in [9.17, 15) is 19.7 Å². The Morgan fingerprint density at radius 3 is 2.82 bits per heavy atom. The van der Waals surface area contributed by atoms with E-state index in [-0.39, 0.29) is 34.8 Å². The number of carbonyl (C=O) groups excluding carboxylic acids is 1. The number of carbonyl (C=O) groups is 1. The van der Waals surface area contributed by atoms with Gasteiger partial charge in [0, 0.05) is 18.5 Å². The normalized spacial score (nSPS) is 11.2. The minimum atomic E-state index is -0.645. The third-order valence-corrected chi connectivity index (χ3v) is 4.34. The molecule has 0 aliphatic carbocycles. The molecule has 3 heterocycles. The highest BCUT2D eigenvalue weighted by molar-refractivity contribution is 5.91. The van der Waals surface area contributed by atoms with Gasteiger partial charge in [0.05, 0.1) is 34.6 Å². The van der Waals surface area contributed by atoms with Crippen molar-refractivity contribution in [1.29, 1.82) is 0 Å². The average Bonchev–Trinajstić information content (AvgIpc) is 3.30. The van der Waals surface area contributed by atoms with Gasteiger partial charge in [0.15, 0.2) is 5.69 Å². The topological polar surface area (TPSA) is 137 Å². The Kier molecular flexibility index (Phi) is 3.91. The first-order valence-electron chi connectivity index (χ1n) is 8.31. The first-order chi connectivity index (χ1) is 13.4. The van der Waals surface area contributed by atoms with Crippen molar-refractivity contribution in [2.75, 3.05) is 6.61 Å². The molecular formula is C17H14N6O5. The van der Waals surface area contributed by atoms with E-state index in [0.717, 1.165) is 0 Å². The lowest BCUT2D eigenvalue weighted by atomic mass is 10.2. The van der Waals surface area contributed by atoms with Crippen molar-refractivity contribution >= 4 is 28.3 Å². The summed E-state index contributed by atoms with van der Waals surface area (Å²) in [5.74, 6) is -0.645. The molecule has 0 bridgehead atoms. The van der Waals surface area contributed by atoms with E-state index in [2.05, 4.69) is 15.0 Å². The van der Waals surface area contributed by atoms with E-state index < -0.39 is 16.5 Å². The van der Waals surface area contributed by atoms with Crippen LogP contribution >= 0.6 is 0 Å². The Hall–Kier alpha value is -4.02. The summed E-state index contributed by atoms with van der Waals surface area (Å²) in [7, 11) is 0. The van der Waals surface area contributed by atoms with Crippen LogP contribution in [0.2, 0.25) is 0 Å². The average molecular weight is 382 g/mol. The number of nitro benzene ring substituents is 1. The van der Waals surface area contributed by atoms with Crippen LogP contribution in [0.3, 0.4) is 0 Å². The Morgan fingerprint density at radius 2 is 2.18 bits per heavy atom. The summed E-state index contributed by atoms with van der Waals surface area (Å²) >= 11 is 0. The van der Waals surface area contributed by atoms with Crippen LogP contribution < -0.4 is 5.56 Å². The number of aromatic amines is 1. The standard InChI is InChI=1S/C17H14N6O5/c1-3-28-17(25)14-9(2)22-11-7-12(21-5-4-18-8-21)13(23(26)27)6-10(11)19-16(24)15(22)20-14/h4-8H,3H2,1-2H3,(H,19,24). The molecule has 0 aliphatic rings. The van der Waals surface area contributed by atoms with Crippen LogP contribution in [0.15, 0.2) is 35.6 Å². The van der Waals surface area contributed by atoms with Crippen molar-refractivity contribution < 1.29 is 14.5 Å². The van der Waals surface area contributed by atoms with Crippen LogP contribution in [0.4, 0.5) is 5.69 Å². The van der Waals surface area contributed by atoms with Gasteiger partial charge in [-0.25, -0.2) is 14.8 Å². The van der Waals surface area contributed by atoms with E-state index in [1.807, 2.05) is 0 Å². The second-order valence-electron chi connectivity index (χ2n) is 5.96. The summed E-state index contributed by atoms with van der Waals surface area (Å²) < 4.78 is 7.98. The number of benzene rings is 1. The van der Waals surface area contributed by atoms with Crippen LogP contribution in [0.25, 0.3) is 22.4 Å². The van der Waals surface area contributed by atoms with Crippen molar-refractivity contribution in [1.82, 2.24) is 23.9 Å². The Balaban J connectivity index is 2.12. The summed E-state index contributed by atoms with van der Waals surface area (Å²) in [5.41, 5.74) is 0.582. The predicted molar refractivity (Wildman–Crippen MR) is 97.8 cm³/mol. The maximum Gasteiger partial charge on any atom is 0.358 e. The number of fused-ring (bicyclic) bond motifs is 3. The van der Waals surface area contributed by atoms with Crippen molar-refractivity contribution in [3.05, 3.63) is 62.7 Å². The maximum atomic E-state index is 12.5. The number of imidazole rings is 2. The first-order valence-corrected chi connectivity index (χ1v) is 8.31. The molecule has 0 saturated carbocycles. The van der Waals surface area contributed by atoms with Gasteiger partial charge in [-0.05, 0) is 19.9 Å². The number of ether oxygens (including phenoxy) is 1. The SMILES string of the molecule is CCOC(=O)c1nc2c(=O)[nH]c3cc([N+](=O)[O-])c(-n4ccnc4)cc3n2c1C. The van der Waals surface area contributed by atoms with E-state index in [0.29, 0.717) is 11.2 Å². The molecule has 142 valence electrons. The fourth-order valence-corrected chi connectivity index (χ4v) is 3.13. The fraction of sp³-hybridized carbons (Fsp3) is 0.176. The van der Waals surface area contributed by atoms with Gasteiger partial charge < -0.3 is 14.3 Å². The molecule has 0 radical (unpaired) electrons. The monoisotopic (exact) mass is 382 g/mol. The molecule has 4 aromatic rings. The molecule has 28 heavy (non-hydrogen) atoms. The number of aromatic nitrogens is 5. The van der Waals surface area contributed by atoms with Crippen LogP contribution in [0.5, 0.6) is 0 Å². The molecule has 1 aromatic carbocycles. The van der Waals surface area contributed by atoms with Crippen molar-refractivity contribution in [3.8, 4) is 5.69 Å². The maximum absolute atomic E-state index is 12.5. The van der Waals surface area contributed by atoms with Crippen LogP contribution in [-0.4, -0.2) is 41.4 Å². The van der Waals surface area contributed by atoms with Gasteiger partial charge >= 0.3 is 5.97 Å². The fourth-order valence-electron chi connectivity index (χ4n) is 3.13. The number of nitro groups is 1. The highest BCUT2D eigenvalue weighted by atomic mass is 16.6. The minimum absolute atomic E-state index is 0.00140. The zero-order valence-corrected chi connectivity index (χ0v) is 14.9. The molecular weight excluding hydrogens is 368 g/mol. The second kappa shape index (κ2) is 6.30. The van der Waals surface area contributed by atoms with Gasteiger partial charge in [-0.15, -0.1) is 0 Å². The van der Waals surface area contributed by atoms with E-state index in [1.165, 1.54) is 27.6 Å². The van der Waals surface area contributed by atoms with Crippen molar-refractivity contribution in [2.24, 2.45) is 0 Å². The zero-order chi connectivity index (χ0) is 20.0. The van der Waals surface area contributed by atoms with Crippen molar-refractivity contribution in [3.63, 3.8) is 0 Å². The molecule has 0 saturated heterocycles. The number of hydrogen-bond acceptors (Lipinski definition) is 7. The molecule has 0 amide bonds. The largest absolute Gasteiger partial charge is 0.461 e.